The number of nitriles is 1. The van der Waals surface area contributed by atoms with Gasteiger partial charge in [0.05, 0.1) is 6.07 Å². The van der Waals surface area contributed by atoms with Gasteiger partial charge in [0.25, 0.3) is 0 Å². The van der Waals surface area contributed by atoms with E-state index in [0.29, 0.717) is 18.8 Å². The maximum absolute atomic E-state index is 12.5. The number of carbonyl (C=O) groups excluding carboxylic acids is 1. The average molecular weight is 272 g/mol. The largest absolute Gasteiger partial charge is 0.324 e. The van der Waals surface area contributed by atoms with Crippen molar-refractivity contribution in [3.05, 3.63) is 29.3 Å². The Hall–Kier alpha value is -1.82. The lowest BCUT2D eigenvalue weighted by Gasteiger charge is -2.24. The second-order valence-electron chi connectivity index (χ2n) is 5.55. The molecular formula is C17H24N2O. The first-order valence-electron chi connectivity index (χ1n) is 7.24. The summed E-state index contributed by atoms with van der Waals surface area (Å²) < 4.78 is 0. The lowest BCUT2D eigenvalue weighted by Crippen LogP contribution is -2.34. The smallest absolute Gasteiger partial charge is 0.244 e. The average Bonchev–Trinajstić information content (AvgIpc) is 2.43. The van der Waals surface area contributed by atoms with Crippen LogP contribution in [-0.4, -0.2) is 5.91 Å². The van der Waals surface area contributed by atoms with Gasteiger partial charge in [-0.1, -0.05) is 45.9 Å². The molecule has 0 aliphatic carbocycles. The Morgan fingerprint density at radius 2 is 1.95 bits per heavy atom. The molecule has 0 spiro atoms. The molecule has 1 aromatic carbocycles. The van der Waals surface area contributed by atoms with Crippen LogP contribution in [0.5, 0.6) is 0 Å². The van der Waals surface area contributed by atoms with Gasteiger partial charge in [0.1, 0.15) is 5.41 Å². The van der Waals surface area contributed by atoms with Gasteiger partial charge in [-0.25, -0.2) is 0 Å². The molecule has 0 atom stereocenters. The Balaban J connectivity index is 3.17. The molecule has 0 bridgehead atoms. The first kappa shape index (κ1) is 16.2. The third-order valence-electron chi connectivity index (χ3n) is 4.02. The monoisotopic (exact) mass is 272 g/mol. The number of hydrogen-bond donors (Lipinski definition) is 1. The minimum Gasteiger partial charge on any atom is -0.324 e. The fourth-order valence-corrected chi connectivity index (χ4v) is 2.36. The van der Waals surface area contributed by atoms with Gasteiger partial charge < -0.3 is 5.32 Å². The summed E-state index contributed by atoms with van der Waals surface area (Å²) >= 11 is 0. The molecule has 0 saturated heterocycles. The standard InChI is InChI=1S/C17H24N2O/c1-6-17(7-2,11-18)16(20)19-15-13(5)9-8-10-14(15)12(3)4/h8-10,12H,6-7H2,1-5H3,(H,19,20). The molecule has 0 unspecified atom stereocenters. The summed E-state index contributed by atoms with van der Waals surface area (Å²) in [6.07, 6.45) is 1.05. The number of anilines is 1. The predicted octanol–water partition coefficient (Wildman–Crippen LogP) is 4.39. The van der Waals surface area contributed by atoms with E-state index >= 15 is 0 Å². The van der Waals surface area contributed by atoms with Crippen LogP contribution in [0.25, 0.3) is 0 Å². The van der Waals surface area contributed by atoms with Crippen molar-refractivity contribution in [3.8, 4) is 6.07 Å². The highest BCUT2D eigenvalue weighted by molar-refractivity contribution is 5.98. The van der Waals surface area contributed by atoms with Gasteiger partial charge >= 0.3 is 0 Å². The molecule has 1 aromatic rings. The number of aryl methyl sites for hydroxylation is 1. The van der Waals surface area contributed by atoms with Crippen LogP contribution in [0, 0.1) is 23.7 Å². The van der Waals surface area contributed by atoms with Crippen molar-refractivity contribution in [3.63, 3.8) is 0 Å². The summed E-state index contributed by atoms with van der Waals surface area (Å²) in [6, 6.07) is 8.20. The molecule has 0 aromatic heterocycles. The van der Waals surface area contributed by atoms with Gasteiger partial charge in [-0.3, -0.25) is 4.79 Å². The maximum Gasteiger partial charge on any atom is 0.244 e. The minimum absolute atomic E-state index is 0.193. The van der Waals surface area contributed by atoms with Crippen molar-refractivity contribution in [1.29, 1.82) is 5.26 Å². The van der Waals surface area contributed by atoms with Gasteiger partial charge in [0.15, 0.2) is 0 Å². The quantitative estimate of drug-likeness (QED) is 0.864. The van der Waals surface area contributed by atoms with Crippen LogP contribution in [0.3, 0.4) is 0 Å². The number of nitrogens with one attached hydrogen (secondary N) is 1. The first-order valence-corrected chi connectivity index (χ1v) is 7.24. The van der Waals surface area contributed by atoms with Crippen molar-refractivity contribution in [1.82, 2.24) is 0 Å². The number of rotatable bonds is 5. The first-order chi connectivity index (χ1) is 9.41. The highest BCUT2D eigenvalue weighted by atomic mass is 16.2. The summed E-state index contributed by atoms with van der Waals surface area (Å²) in [5.74, 6) is 0.131. The summed E-state index contributed by atoms with van der Waals surface area (Å²) in [6.45, 7) is 9.94. The number of para-hydroxylation sites is 1. The molecule has 3 heteroatoms. The second kappa shape index (κ2) is 6.56. The highest BCUT2D eigenvalue weighted by Crippen LogP contribution is 2.31. The highest BCUT2D eigenvalue weighted by Gasteiger charge is 2.35. The van der Waals surface area contributed by atoms with Crippen LogP contribution in [0.15, 0.2) is 18.2 Å². The zero-order chi connectivity index (χ0) is 15.3. The van der Waals surface area contributed by atoms with Crippen LogP contribution >= 0.6 is 0 Å². The summed E-state index contributed by atoms with van der Waals surface area (Å²) in [5.41, 5.74) is 2.06. The molecular weight excluding hydrogens is 248 g/mol. The van der Waals surface area contributed by atoms with E-state index in [9.17, 15) is 10.1 Å². The molecule has 0 radical (unpaired) electrons. The number of carbonyl (C=O) groups is 1. The van der Waals surface area contributed by atoms with Crippen LogP contribution in [0.2, 0.25) is 0 Å². The number of hydrogen-bond acceptors (Lipinski definition) is 2. The SMILES string of the molecule is CCC(C#N)(CC)C(=O)Nc1c(C)cccc1C(C)C. The third kappa shape index (κ3) is 3.01. The molecule has 3 nitrogen and oxygen atoms in total. The van der Waals surface area contributed by atoms with E-state index in [1.807, 2.05) is 39.0 Å². The van der Waals surface area contributed by atoms with Crippen molar-refractivity contribution < 1.29 is 4.79 Å². The molecule has 20 heavy (non-hydrogen) atoms. The van der Waals surface area contributed by atoms with Gasteiger partial charge in [0.2, 0.25) is 5.91 Å². The van der Waals surface area contributed by atoms with Gasteiger partial charge in [0, 0.05) is 5.69 Å². The molecule has 0 saturated carbocycles. The maximum atomic E-state index is 12.5. The van der Waals surface area contributed by atoms with E-state index in [4.69, 9.17) is 0 Å². The molecule has 0 heterocycles. The Morgan fingerprint density at radius 3 is 2.40 bits per heavy atom. The third-order valence-corrected chi connectivity index (χ3v) is 4.02. The van der Waals surface area contributed by atoms with Crippen molar-refractivity contribution in [2.75, 3.05) is 5.32 Å². The zero-order valence-corrected chi connectivity index (χ0v) is 13.1. The molecule has 0 fully saturated rings. The van der Waals surface area contributed by atoms with Crippen molar-refractivity contribution >= 4 is 11.6 Å². The Bertz CT molecular complexity index is 522. The fraction of sp³-hybridized carbons (Fsp3) is 0.529. The van der Waals surface area contributed by atoms with Crippen LogP contribution < -0.4 is 5.32 Å². The van der Waals surface area contributed by atoms with Crippen molar-refractivity contribution in [2.24, 2.45) is 5.41 Å². The topological polar surface area (TPSA) is 52.9 Å². The second-order valence-corrected chi connectivity index (χ2v) is 5.55. The van der Waals surface area contributed by atoms with Gasteiger partial charge in [-0.05, 0) is 36.8 Å². The molecule has 108 valence electrons. The van der Waals surface area contributed by atoms with E-state index in [1.54, 1.807) is 0 Å². The number of benzene rings is 1. The number of amides is 1. The van der Waals surface area contributed by atoms with Crippen LogP contribution in [0.4, 0.5) is 5.69 Å². The summed E-state index contributed by atoms with van der Waals surface area (Å²) in [4.78, 5) is 12.5. The van der Waals surface area contributed by atoms with E-state index in [0.717, 1.165) is 16.8 Å². The predicted molar refractivity (Wildman–Crippen MR) is 82.5 cm³/mol. The van der Waals surface area contributed by atoms with Gasteiger partial charge in [-0.2, -0.15) is 5.26 Å². The Labute approximate surface area is 122 Å². The molecule has 0 aliphatic rings. The minimum atomic E-state index is -0.934. The van der Waals surface area contributed by atoms with Crippen LogP contribution in [-0.2, 0) is 4.79 Å². The molecule has 1 N–H and O–H groups in total. The fourth-order valence-electron chi connectivity index (χ4n) is 2.36. The normalized spacial score (nSPS) is 11.2. The molecule has 1 amide bonds. The van der Waals surface area contributed by atoms with Crippen molar-refractivity contribution in [2.45, 2.75) is 53.4 Å². The lowest BCUT2D eigenvalue weighted by molar-refractivity contribution is -0.123. The molecule has 0 aliphatic heterocycles. The van der Waals surface area contributed by atoms with E-state index in [1.165, 1.54) is 0 Å². The van der Waals surface area contributed by atoms with Gasteiger partial charge in [-0.15, -0.1) is 0 Å². The van der Waals surface area contributed by atoms with E-state index in [-0.39, 0.29) is 5.91 Å². The van der Waals surface area contributed by atoms with E-state index < -0.39 is 5.41 Å². The number of nitrogens with zero attached hydrogens (tertiary/aromatic N) is 1. The summed E-state index contributed by atoms with van der Waals surface area (Å²) in [7, 11) is 0. The Kier molecular flexibility index (Phi) is 5.33. The van der Waals surface area contributed by atoms with E-state index in [2.05, 4.69) is 25.2 Å². The van der Waals surface area contributed by atoms with Crippen LogP contribution in [0.1, 0.15) is 57.6 Å². The lowest BCUT2D eigenvalue weighted by atomic mass is 9.82. The zero-order valence-electron chi connectivity index (χ0n) is 13.1. The molecule has 1 rings (SSSR count). The summed E-state index contributed by atoms with van der Waals surface area (Å²) in [5, 5.41) is 12.4. The Morgan fingerprint density at radius 1 is 1.35 bits per heavy atom.